The molecule has 11 heavy (non-hydrogen) atoms. The molecule has 0 aliphatic heterocycles. The predicted octanol–water partition coefficient (Wildman–Crippen LogP) is 1.07. The van der Waals surface area contributed by atoms with Crippen molar-refractivity contribution in [2.75, 3.05) is 0 Å². The zero-order chi connectivity index (χ0) is 8.85. The molecule has 2 atom stereocenters. The number of carbonyl (C=O) groups is 1. The molecule has 0 aliphatic rings. The van der Waals surface area contributed by atoms with E-state index >= 15 is 0 Å². The molecule has 0 unspecified atom stereocenters. The summed E-state index contributed by atoms with van der Waals surface area (Å²) in [6.45, 7) is 5.69. The van der Waals surface area contributed by atoms with Gasteiger partial charge in [-0.05, 0) is 19.8 Å². The van der Waals surface area contributed by atoms with E-state index in [1.165, 1.54) is 0 Å². The van der Waals surface area contributed by atoms with E-state index in [0.717, 1.165) is 6.42 Å². The Bertz CT molecular complexity index is 125. The van der Waals surface area contributed by atoms with Gasteiger partial charge >= 0.3 is 5.97 Å². The zero-order valence-corrected chi connectivity index (χ0v) is 7.46. The first-order valence-corrected chi connectivity index (χ1v) is 4.07. The molecule has 0 radical (unpaired) electrons. The van der Waals surface area contributed by atoms with Crippen LogP contribution in [0, 0.1) is 0 Å². The molecule has 0 amide bonds. The SMILES string of the molecule is CC[C@@H](C)OC(=O)[C@@H](N)CC. The Labute approximate surface area is 67.9 Å². The number of carbonyl (C=O) groups excluding carboxylic acids is 1. The van der Waals surface area contributed by atoms with E-state index in [2.05, 4.69) is 0 Å². The first kappa shape index (κ1) is 10.4. The van der Waals surface area contributed by atoms with Gasteiger partial charge in [-0.3, -0.25) is 4.79 Å². The molecule has 0 spiro atoms. The van der Waals surface area contributed by atoms with Crippen LogP contribution in [0.15, 0.2) is 0 Å². The quantitative estimate of drug-likeness (QED) is 0.624. The molecule has 0 saturated heterocycles. The van der Waals surface area contributed by atoms with E-state index in [0.29, 0.717) is 6.42 Å². The second-order valence-corrected chi connectivity index (χ2v) is 2.67. The highest BCUT2D eigenvalue weighted by atomic mass is 16.5. The number of esters is 1. The minimum absolute atomic E-state index is 0.0138. The van der Waals surface area contributed by atoms with Crippen molar-refractivity contribution in [3.8, 4) is 0 Å². The Morgan fingerprint density at radius 3 is 2.36 bits per heavy atom. The Morgan fingerprint density at radius 2 is 2.00 bits per heavy atom. The third-order valence-electron chi connectivity index (χ3n) is 1.63. The Kier molecular flexibility index (Phi) is 4.86. The molecule has 0 rings (SSSR count). The standard InChI is InChI=1S/C8H17NO2/c1-4-6(3)11-8(10)7(9)5-2/h6-7H,4-5,9H2,1-3H3/t6-,7+/m1/s1. The number of hydrogen-bond acceptors (Lipinski definition) is 3. The van der Waals surface area contributed by atoms with E-state index in [4.69, 9.17) is 10.5 Å². The first-order chi connectivity index (χ1) is 5.11. The first-order valence-electron chi connectivity index (χ1n) is 4.07. The van der Waals surface area contributed by atoms with Gasteiger partial charge in [0, 0.05) is 0 Å². The van der Waals surface area contributed by atoms with Crippen LogP contribution in [0.5, 0.6) is 0 Å². The average molecular weight is 159 g/mol. The monoisotopic (exact) mass is 159 g/mol. The van der Waals surface area contributed by atoms with Crippen LogP contribution in [0.1, 0.15) is 33.6 Å². The molecular weight excluding hydrogens is 142 g/mol. The topological polar surface area (TPSA) is 52.3 Å². The maximum Gasteiger partial charge on any atom is 0.323 e. The van der Waals surface area contributed by atoms with Gasteiger partial charge in [0.25, 0.3) is 0 Å². The summed E-state index contributed by atoms with van der Waals surface area (Å²) in [5, 5.41) is 0. The third kappa shape index (κ3) is 3.98. The molecule has 2 N–H and O–H groups in total. The van der Waals surface area contributed by atoms with Crippen molar-refractivity contribution in [3.63, 3.8) is 0 Å². The van der Waals surface area contributed by atoms with Gasteiger partial charge in [0.1, 0.15) is 6.04 Å². The van der Waals surface area contributed by atoms with Crippen LogP contribution in [-0.2, 0) is 9.53 Å². The van der Waals surface area contributed by atoms with Gasteiger partial charge in [-0.1, -0.05) is 13.8 Å². The summed E-state index contributed by atoms with van der Waals surface area (Å²) in [7, 11) is 0. The summed E-state index contributed by atoms with van der Waals surface area (Å²) in [4.78, 5) is 11.0. The molecule has 0 aromatic heterocycles. The van der Waals surface area contributed by atoms with Gasteiger partial charge in [-0.25, -0.2) is 0 Å². The maximum atomic E-state index is 11.0. The van der Waals surface area contributed by atoms with E-state index in [1.54, 1.807) is 0 Å². The van der Waals surface area contributed by atoms with Gasteiger partial charge in [-0.2, -0.15) is 0 Å². The van der Waals surface area contributed by atoms with Crippen LogP contribution < -0.4 is 5.73 Å². The number of ether oxygens (including phenoxy) is 1. The number of rotatable bonds is 4. The lowest BCUT2D eigenvalue weighted by Crippen LogP contribution is -2.33. The van der Waals surface area contributed by atoms with Crippen molar-refractivity contribution in [2.45, 2.75) is 45.8 Å². The van der Waals surface area contributed by atoms with Crippen LogP contribution >= 0.6 is 0 Å². The molecule has 3 heteroatoms. The lowest BCUT2D eigenvalue weighted by molar-refractivity contribution is -0.150. The smallest absolute Gasteiger partial charge is 0.323 e. The van der Waals surface area contributed by atoms with E-state index in [-0.39, 0.29) is 12.1 Å². The molecule has 0 heterocycles. The van der Waals surface area contributed by atoms with Gasteiger partial charge in [0.2, 0.25) is 0 Å². The lowest BCUT2D eigenvalue weighted by Gasteiger charge is -2.13. The van der Waals surface area contributed by atoms with Crippen LogP contribution in [0.4, 0.5) is 0 Å². The molecule has 0 aromatic carbocycles. The third-order valence-corrected chi connectivity index (χ3v) is 1.63. The molecule has 3 nitrogen and oxygen atoms in total. The van der Waals surface area contributed by atoms with Crippen molar-refractivity contribution in [1.82, 2.24) is 0 Å². The van der Waals surface area contributed by atoms with Crippen molar-refractivity contribution in [1.29, 1.82) is 0 Å². The van der Waals surface area contributed by atoms with Crippen molar-refractivity contribution >= 4 is 5.97 Å². The van der Waals surface area contributed by atoms with Gasteiger partial charge in [-0.15, -0.1) is 0 Å². The molecule has 66 valence electrons. The zero-order valence-electron chi connectivity index (χ0n) is 7.46. The normalized spacial score (nSPS) is 15.6. The molecule has 0 aromatic rings. The fraction of sp³-hybridized carbons (Fsp3) is 0.875. The Morgan fingerprint density at radius 1 is 1.45 bits per heavy atom. The van der Waals surface area contributed by atoms with Gasteiger partial charge in [0.05, 0.1) is 6.10 Å². The summed E-state index contributed by atoms with van der Waals surface area (Å²) in [6, 6.07) is -0.455. The van der Waals surface area contributed by atoms with Gasteiger partial charge < -0.3 is 10.5 Å². The second-order valence-electron chi connectivity index (χ2n) is 2.67. The van der Waals surface area contributed by atoms with Crippen LogP contribution in [0.25, 0.3) is 0 Å². The largest absolute Gasteiger partial charge is 0.462 e. The predicted molar refractivity (Wildman–Crippen MR) is 44.1 cm³/mol. The molecule has 0 aliphatic carbocycles. The fourth-order valence-electron chi connectivity index (χ4n) is 0.536. The van der Waals surface area contributed by atoms with Crippen molar-refractivity contribution < 1.29 is 9.53 Å². The number of hydrogen-bond donors (Lipinski definition) is 1. The highest BCUT2D eigenvalue weighted by Gasteiger charge is 2.14. The number of nitrogens with two attached hydrogens (primary N) is 1. The second kappa shape index (κ2) is 5.13. The lowest BCUT2D eigenvalue weighted by atomic mass is 10.2. The minimum Gasteiger partial charge on any atom is -0.462 e. The van der Waals surface area contributed by atoms with Crippen LogP contribution in [0.3, 0.4) is 0 Å². The van der Waals surface area contributed by atoms with Gasteiger partial charge in [0.15, 0.2) is 0 Å². The summed E-state index contributed by atoms with van der Waals surface area (Å²) in [5.41, 5.74) is 5.44. The van der Waals surface area contributed by atoms with Crippen molar-refractivity contribution in [2.24, 2.45) is 5.73 Å². The molecule has 0 bridgehead atoms. The van der Waals surface area contributed by atoms with E-state index < -0.39 is 6.04 Å². The van der Waals surface area contributed by atoms with E-state index in [9.17, 15) is 4.79 Å². The van der Waals surface area contributed by atoms with E-state index in [1.807, 2.05) is 20.8 Å². The summed E-state index contributed by atoms with van der Waals surface area (Å²) >= 11 is 0. The fourth-order valence-corrected chi connectivity index (χ4v) is 0.536. The molecular formula is C8H17NO2. The summed E-state index contributed by atoms with van der Waals surface area (Å²) < 4.78 is 4.99. The highest BCUT2D eigenvalue weighted by Crippen LogP contribution is 1.99. The Hall–Kier alpha value is -0.570. The Balaban J connectivity index is 3.68. The van der Waals surface area contributed by atoms with Crippen molar-refractivity contribution in [3.05, 3.63) is 0 Å². The molecule has 0 fully saturated rings. The average Bonchev–Trinajstić information content (AvgIpc) is 2.02. The summed E-state index contributed by atoms with van der Waals surface area (Å²) in [6.07, 6.45) is 1.46. The van der Waals surface area contributed by atoms with Crippen LogP contribution in [-0.4, -0.2) is 18.1 Å². The minimum atomic E-state index is -0.455. The summed E-state index contributed by atoms with van der Waals surface area (Å²) in [5.74, 6) is -0.290. The van der Waals surface area contributed by atoms with Crippen LogP contribution in [0.2, 0.25) is 0 Å². The molecule has 0 saturated carbocycles. The highest BCUT2D eigenvalue weighted by molar-refractivity contribution is 5.75. The maximum absolute atomic E-state index is 11.0.